The van der Waals surface area contributed by atoms with E-state index in [4.69, 9.17) is 0 Å². The summed E-state index contributed by atoms with van der Waals surface area (Å²) in [6.07, 6.45) is 3.00. The smallest absolute Gasteiger partial charge is 0.307 e. The number of ether oxygens (including phenoxy) is 1. The van der Waals surface area contributed by atoms with Gasteiger partial charge in [-0.2, -0.15) is 0 Å². The van der Waals surface area contributed by atoms with Gasteiger partial charge in [0.1, 0.15) is 0 Å². The molecule has 0 radical (unpaired) electrons. The summed E-state index contributed by atoms with van der Waals surface area (Å²) >= 11 is 0. The van der Waals surface area contributed by atoms with E-state index in [0.717, 1.165) is 0 Å². The average molecular weight is 100 g/mol. The molecule has 0 aromatic rings. The first-order valence-electron chi connectivity index (χ1n) is 2.05. The Bertz CT molecular complexity index is 84.1. The van der Waals surface area contributed by atoms with Crippen molar-refractivity contribution in [1.82, 2.24) is 0 Å². The standard InChI is InChI=1S/C5H8O2/c1-3-4-7-5(2)6/h3-4H,1-2H3/b4-3+. The summed E-state index contributed by atoms with van der Waals surface area (Å²) in [6.45, 7) is 3.14. The first kappa shape index (κ1) is 6.21. The molecule has 0 rings (SSSR count). The predicted molar refractivity (Wildman–Crippen MR) is 26.6 cm³/mol. The minimum absolute atomic E-state index is 0.280. The maximum Gasteiger partial charge on any atom is 0.307 e. The van der Waals surface area contributed by atoms with Gasteiger partial charge in [-0.05, 0) is 6.92 Å². The van der Waals surface area contributed by atoms with Crippen LogP contribution in [0, 0.1) is 0 Å². The SMILES string of the molecule is C/C=C/OC(C)=O. The van der Waals surface area contributed by atoms with Gasteiger partial charge in [-0.1, -0.05) is 6.08 Å². The molecule has 0 aliphatic carbocycles. The molecule has 2 heteroatoms. The molecule has 40 valence electrons. The molecule has 0 aromatic carbocycles. The lowest BCUT2D eigenvalue weighted by Crippen LogP contribution is -1.88. The number of esters is 1. The van der Waals surface area contributed by atoms with E-state index in [2.05, 4.69) is 4.74 Å². The second kappa shape index (κ2) is 3.40. The summed E-state index contributed by atoms with van der Waals surface area (Å²) in [5, 5.41) is 0. The molecule has 0 bridgehead atoms. The summed E-state index contributed by atoms with van der Waals surface area (Å²) < 4.78 is 4.37. The van der Waals surface area contributed by atoms with Crippen LogP contribution in [0.1, 0.15) is 13.8 Å². The number of carbonyl (C=O) groups is 1. The van der Waals surface area contributed by atoms with Gasteiger partial charge in [0.05, 0.1) is 6.26 Å². The van der Waals surface area contributed by atoms with Crippen LogP contribution in [0.15, 0.2) is 12.3 Å². The Hall–Kier alpha value is -0.790. The summed E-state index contributed by atoms with van der Waals surface area (Å²) in [4.78, 5) is 9.93. The molecule has 0 fully saturated rings. The number of carbonyl (C=O) groups excluding carboxylic acids is 1. The highest BCUT2D eigenvalue weighted by Crippen LogP contribution is 1.75. The molecule has 0 spiro atoms. The van der Waals surface area contributed by atoms with E-state index in [-0.39, 0.29) is 5.97 Å². The van der Waals surface area contributed by atoms with E-state index in [1.807, 2.05) is 0 Å². The van der Waals surface area contributed by atoms with Crippen LogP contribution < -0.4 is 0 Å². The summed E-state index contributed by atoms with van der Waals surface area (Å²) in [6, 6.07) is 0. The molecule has 0 aliphatic heterocycles. The number of allylic oxidation sites excluding steroid dienone is 1. The van der Waals surface area contributed by atoms with Crippen molar-refractivity contribution in [2.45, 2.75) is 13.8 Å². The van der Waals surface area contributed by atoms with E-state index in [1.54, 1.807) is 13.0 Å². The van der Waals surface area contributed by atoms with Crippen LogP contribution in [0.2, 0.25) is 0 Å². The Balaban J connectivity index is 3.14. The highest BCUT2D eigenvalue weighted by molar-refractivity contribution is 5.66. The Morgan fingerprint density at radius 1 is 1.71 bits per heavy atom. The molecule has 0 saturated heterocycles. The molecule has 0 aromatic heterocycles. The van der Waals surface area contributed by atoms with E-state index in [1.165, 1.54) is 13.2 Å². The maximum atomic E-state index is 9.93. The predicted octanol–water partition coefficient (Wildman–Crippen LogP) is 1.08. The second-order valence-corrected chi connectivity index (χ2v) is 1.08. The van der Waals surface area contributed by atoms with Gasteiger partial charge in [-0.25, -0.2) is 0 Å². The van der Waals surface area contributed by atoms with Crippen LogP contribution in [0.25, 0.3) is 0 Å². The Labute approximate surface area is 42.8 Å². The summed E-state index contributed by atoms with van der Waals surface area (Å²) in [5.41, 5.74) is 0. The molecule has 0 amide bonds. The van der Waals surface area contributed by atoms with E-state index in [0.29, 0.717) is 0 Å². The van der Waals surface area contributed by atoms with Gasteiger partial charge < -0.3 is 4.74 Å². The molecule has 2 nitrogen and oxygen atoms in total. The van der Waals surface area contributed by atoms with Crippen LogP contribution in [0.4, 0.5) is 0 Å². The monoisotopic (exact) mass is 100 g/mol. The van der Waals surface area contributed by atoms with E-state index in [9.17, 15) is 4.79 Å². The van der Waals surface area contributed by atoms with Crippen molar-refractivity contribution in [1.29, 1.82) is 0 Å². The highest BCUT2D eigenvalue weighted by atomic mass is 16.5. The molecule has 0 saturated carbocycles. The lowest BCUT2D eigenvalue weighted by Gasteiger charge is -1.85. The summed E-state index contributed by atoms with van der Waals surface area (Å²) in [5.74, 6) is -0.280. The Morgan fingerprint density at radius 3 is 2.43 bits per heavy atom. The molecular weight excluding hydrogens is 92.1 g/mol. The lowest BCUT2D eigenvalue weighted by atomic mass is 10.7. The fourth-order valence-corrected chi connectivity index (χ4v) is 0.164. The van der Waals surface area contributed by atoms with Crippen LogP contribution in [-0.2, 0) is 9.53 Å². The van der Waals surface area contributed by atoms with Gasteiger partial charge in [-0.3, -0.25) is 4.79 Å². The van der Waals surface area contributed by atoms with Crippen LogP contribution in [-0.4, -0.2) is 5.97 Å². The Morgan fingerprint density at radius 2 is 2.29 bits per heavy atom. The van der Waals surface area contributed by atoms with E-state index >= 15 is 0 Å². The number of hydrogen-bond acceptors (Lipinski definition) is 2. The van der Waals surface area contributed by atoms with Crippen molar-refractivity contribution < 1.29 is 9.53 Å². The third-order valence-electron chi connectivity index (χ3n) is 0.370. The van der Waals surface area contributed by atoms with Gasteiger partial charge in [0.15, 0.2) is 0 Å². The lowest BCUT2D eigenvalue weighted by molar-refractivity contribution is -0.135. The number of hydrogen-bond donors (Lipinski definition) is 0. The van der Waals surface area contributed by atoms with Crippen LogP contribution in [0.5, 0.6) is 0 Å². The zero-order chi connectivity index (χ0) is 5.70. The molecule has 0 aliphatic rings. The highest BCUT2D eigenvalue weighted by Gasteiger charge is 1.80. The molecule has 0 unspecified atom stereocenters. The summed E-state index contributed by atoms with van der Waals surface area (Å²) in [7, 11) is 0. The molecule has 0 N–H and O–H groups in total. The average Bonchev–Trinajstić information content (AvgIpc) is 1.61. The minimum atomic E-state index is -0.280. The van der Waals surface area contributed by atoms with Gasteiger partial charge in [0, 0.05) is 6.92 Å². The zero-order valence-corrected chi connectivity index (χ0v) is 4.47. The van der Waals surface area contributed by atoms with Crippen LogP contribution >= 0.6 is 0 Å². The zero-order valence-electron chi connectivity index (χ0n) is 4.47. The Kier molecular flexibility index (Phi) is 3.02. The largest absolute Gasteiger partial charge is 0.435 e. The van der Waals surface area contributed by atoms with Gasteiger partial charge in [0.2, 0.25) is 0 Å². The van der Waals surface area contributed by atoms with Gasteiger partial charge in [0.25, 0.3) is 0 Å². The number of rotatable bonds is 1. The fraction of sp³-hybridized carbons (Fsp3) is 0.400. The van der Waals surface area contributed by atoms with Crippen molar-refractivity contribution in [2.24, 2.45) is 0 Å². The third-order valence-corrected chi connectivity index (χ3v) is 0.370. The normalized spacial score (nSPS) is 9.43. The first-order chi connectivity index (χ1) is 3.27. The van der Waals surface area contributed by atoms with Gasteiger partial charge in [-0.15, -0.1) is 0 Å². The van der Waals surface area contributed by atoms with E-state index < -0.39 is 0 Å². The van der Waals surface area contributed by atoms with Crippen molar-refractivity contribution in [3.63, 3.8) is 0 Å². The topological polar surface area (TPSA) is 26.3 Å². The molecule has 7 heavy (non-hydrogen) atoms. The maximum absolute atomic E-state index is 9.93. The van der Waals surface area contributed by atoms with Crippen molar-refractivity contribution in [3.05, 3.63) is 12.3 Å². The quantitative estimate of drug-likeness (QED) is 0.364. The fourth-order valence-electron chi connectivity index (χ4n) is 0.164. The molecule has 0 atom stereocenters. The second-order valence-electron chi connectivity index (χ2n) is 1.08. The minimum Gasteiger partial charge on any atom is -0.435 e. The third kappa shape index (κ3) is 5.21. The van der Waals surface area contributed by atoms with Crippen molar-refractivity contribution >= 4 is 5.97 Å². The van der Waals surface area contributed by atoms with Crippen molar-refractivity contribution in [2.75, 3.05) is 0 Å². The van der Waals surface area contributed by atoms with Crippen molar-refractivity contribution in [3.8, 4) is 0 Å². The first-order valence-corrected chi connectivity index (χ1v) is 2.05. The van der Waals surface area contributed by atoms with Crippen LogP contribution in [0.3, 0.4) is 0 Å². The molecule has 0 heterocycles. The molecular formula is C5H8O2. The van der Waals surface area contributed by atoms with Gasteiger partial charge >= 0.3 is 5.97 Å².